The van der Waals surface area contributed by atoms with Crippen molar-refractivity contribution in [2.45, 2.75) is 64.7 Å². The SMILES string of the molecule is CCC1(CC)CC(C)(C)c2ccc(C)cc21. The monoisotopic (exact) mass is 216 g/mol. The minimum Gasteiger partial charge on any atom is -0.0645 e. The summed E-state index contributed by atoms with van der Waals surface area (Å²) in [6.45, 7) is 11.7. The van der Waals surface area contributed by atoms with Gasteiger partial charge in [0.25, 0.3) is 0 Å². The molecule has 0 nitrogen and oxygen atoms in total. The zero-order valence-corrected chi connectivity index (χ0v) is 11.4. The largest absolute Gasteiger partial charge is 0.0645 e. The molecule has 0 spiro atoms. The van der Waals surface area contributed by atoms with E-state index in [1.165, 1.54) is 24.8 Å². The molecule has 0 saturated heterocycles. The maximum absolute atomic E-state index is 2.43. The number of rotatable bonds is 2. The van der Waals surface area contributed by atoms with Gasteiger partial charge >= 0.3 is 0 Å². The molecule has 1 aromatic carbocycles. The molecule has 2 rings (SSSR count). The Balaban J connectivity index is 2.64. The van der Waals surface area contributed by atoms with Gasteiger partial charge < -0.3 is 0 Å². The van der Waals surface area contributed by atoms with Crippen molar-refractivity contribution < 1.29 is 0 Å². The molecule has 0 atom stereocenters. The van der Waals surface area contributed by atoms with E-state index in [0.717, 1.165) is 0 Å². The molecular weight excluding hydrogens is 192 g/mol. The Hall–Kier alpha value is -0.780. The minimum atomic E-state index is 0.356. The van der Waals surface area contributed by atoms with E-state index in [-0.39, 0.29) is 0 Å². The molecule has 0 radical (unpaired) electrons. The molecular formula is C16H24. The first-order chi connectivity index (χ1) is 7.45. The van der Waals surface area contributed by atoms with Gasteiger partial charge in [-0.15, -0.1) is 0 Å². The molecule has 0 heterocycles. The lowest BCUT2D eigenvalue weighted by Gasteiger charge is -2.29. The lowest BCUT2D eigenvalue weighted by molar-refractivity contribution is 0.329. The third-order valence-electron chi connectivity index (χ3n) is 4.61. The summed E-state index contributed by atoms with van der Waals surface area (Å²) in [6.07, 6.45) is 3.85. The van der Waals surface area contributed by atoms with Gasteiger partial charge in [0.2, 0.25) is 0 Å². The minimum absolute atomic E-state index is 0.356. The molecule has 88 valence electrons. The molecule has 1 aromatic rings. The molecule has 0 heteroatoms. The van der Waals surface area contributed by atoms with Crippen LogP contribution in [0.15, 0.2) is 18.2 Å². The van der Waals surface area contributed by atoms with E-state index >= 15 is 0 Å². The van der Waals surface area contributed by atoms with Crippen LogP contribution in [-0.2, 0) is 10.8 Å². The summed E-state index contributed by atoms with van der Waals surface area (Å²) < 4.78 is 0. The summed E-state index contributed by atoms with van der Waals surface area (Å²) in [4.78, 5) is 0. The van der Waals surface area contributed by atoms with Crippen molar-refractivity contribution in [1.29, 1.82) is 0 Å². The quantitative estimate of drug-likeness (QED) is 0.670. The molecule has 1 aliphatic rings. The van der Waals surface area contributed by atoms with Gasteiger partial charge in [-0.25, -0.2) is 0 Å². The first kappa shape index (κ1) is 11.7. The average molecular weight is 216 g/mol. The van der Waals surface area contributed by atoms with Crippen LogP contribution in [0.25, 0.3) is 0 Å². The van der Waals surface area contributed by atoms with E-state index in [2.05, 4.69) is 52.8 Å². The average Bonchev–Trinajstić information content (AvgIpc) is 2.47. The molecule has 0 saturated carbocycles. The number of hydrogen-bond acceptors (Lipinski definition) is 0. The van der Waals surface area contributed by atoms with Crippen LogP contribution < -0.4 is 0 Å². The van der Waals surface area contributed by atoms with Crippen LogP contribution in [0.1, 0.15) is 63.6 Å². The van der Waals surface area contributed by atoms with Gasteiger partial charge in [-0.3, -0.25) is 0 Å². The number of aryl methyl sites for hydroxylation is 1. The van der Waals surface area contributed by atoms with Crippen LogP contribution in [0.2, 0.25) is 0 Å². The summed E-state index contributed by atoms with van der Waals surface area (Å²) >= 11 is 0. The van der Waals surface area contributed by atoms with Crippen LogP contribution >= 0.6 is 0 Å². The Morgan fingerprint density at radius 3 is 2.25 bits per heavy atom. The zero-order valence-electron chi connectivity index (χ0n) is 11.4. The van der Waals surface area contributed by atoms with E-state index in [4.69, 9.17) is 0 Å². The second-order valence-electron chi connectivity index (χ2n) is 6.10. The lowest BCUT2D eigenvalue weighted by Crippen LogP contribution is -2.23. The van der Waals surface area contributed by atoms with Crippen LogP contribution in [-0.4, -0.2) is 0 Å². The van der Waals surface area contributed by atoms with Crippen molar-refractivity contribution in [3.8, 4) is 0 Å². The van der Waals surface area contributed by atoms with Gasteiger partial charge in [-0.1, -0.05) is 51.5 Å². The number of benzene rings is 1. The van der Waals surface area contributed by atoms with E-state index in [1.807, 2.05) is 0 Å². The highest BCUT2D eigenvalue weighted by atomic mass is 14.5. The predicted octanol–water partition coefficient (Wildman–Crippen LogP) is 4.73. The second kappa shape index (κ2) is 3.61. The van der Waals surface area contributed by atoms with Crippen LogP contribution in [0.3, 0.4) is 0 Å². The highest BCUT2D eigenvalue weighted by Gasteiger charge is 2.45. The number of hydrogen-bond donors (Lipinski definition) is 0. The van der Waals surface area contributed by atoms with Crippen molar-refractivity contribution >= 4 is 0 Å². The smallest absolute Gasteiger partial charge is 0.00409 e. The molecule has 0 unspecified atom stereocenters. The summed E-state index contributed by atoms with van der Waals surface area (Å²) in [5.74, 6) is 0. The van der Waals surface area contributed by atoms with Crippen molar-refractivity contribution in [3.63, 3.8) is 0 Å². The Labute approximate surface area is 100 Å². The lowest BCUT2D eigenvalue weighted by atomic mass is 9.74. The molecule has 0 fully saturated rings. The van der Waals surface area contributed by atoms with Crippen molar-refractivity contribution in [2.24, 2.45) is 0 Å². The van der Waals surface area contributed by atoms with Crippen molar-refractivity contribution in [3.05, 3.63) is 34.9 Å². The molecule has 0 aromatic heterocycles. The summed E-state index contributed by atoms with van der Waals surface area (Å²) in [5.41, 5.74) is 5.41. The Morgan fingerprint density at radius 1 is 1.06 bits per heavy atom. The Kier molecular flexibility index (Phi) is 2.64. The first-order valence-electron chi connectivity index (χ1n) is 6.57. The fraction of sp³-hybridized carbons (Fsp3) is 0.625. The molecule has 0 N–H and O–H groups in total. The standard InChI is InChI=1S/C16H24/c1-6-16(7-2)11-15(4,5)13-9-8-12(3)10-14(13)16/h8-10H,6-7,11H2,1-5H3. The normalized spacial score (nSPS) is 20.8. The molecule has 1 aliphatic carbocycles. The predicted molar refractivity (Wildman–Crippen MR) is 71.1 cm³/mol. The molecule has 16 heavy (non-hydrogen) atoms. The van der Waals surface area contributed by atoms with Crippen LogP contribution in [0.4, 0.5) is 0 Å². The van der Waals surface area contributed by atoms with Crippen molar-refractivity contribution in [1.82, 2.24) is 0 Å². The number of fused-ring (bicyclic) bond motifs is 1. The van der Waals surface area contributed by atoms with E-state index in [9.17, 15) is 0 Å². The Bertz CT molecular complexity index is 394. The van der Waals surface area contributed by atoms with E-state index in [0.29, 0.717) is 10.8 Å². The highest BCUT2D eigenvalue weighted by molar-refractivity contribution is 5.47. The maximum atomic E-state index is 2.43. The van der Waals surface area contributed by atoms with E-state index in [1.54, 1.807) is 11.1 Å². The van der Waals surface area contributed by atoms with Crippen LogP contribution in [0.5, 0.6) is 0 Å². The third-order valence-corrected chi connectivity index (χ3v) is 4.61. The van der Waals surface area contributed by atoms with Gasteiger partial charge in [0.05, 0.1) is 0 Å². The second-order valence-corrected chi connectivity index (χ2v) is 6.10. The third kappa shape index (κ3) is 1.50. The Morgan fingerprint density at radius 2 is 1.69 bits per heavy atom. The highest BCUT2D eigenvalue weighted by Crippen LogP contribution is 2.53. The fourth-order valence-electron chi connectivity index (χ4n) is 3.60. The topological polar surface area (TPSA) is 0 Å². The van der Waals surface area contributed by atoms with Gasteiger partial charge in [0.1, 0.15) is 0 Å². The van der Waals surface area contributed by atoms with Gasteiger partial charge in [-0.05, 0) is 48.1 Å². The van der Waals surface area contributed by atoms with Crippen molar-refractivity contribution in [2.75, 3.05) is 0 Å². The zero-order chi connectivity index (χ0) is 12.0. The van der Waals surface area contributed by atoms with Gasteiger partial charge in [-0.2, -0.15) is 0 Å². The van der Waals surface area contributed by atoms with Gasteiger partial charge in [0, 0.05) is 0 Å². The summed E-state index contributed by atoms with van der Waals surface area (Å²) in [7, 11) is 0. The molecule has 0 aliphatic heterocycles. The maximum Gasteiger partial charge on any atom is -0.00409 e. The first-order valence-corrected chi connectivity index (χ1v) is 6.57. The fourth-order valence-corrected chi connectivity index (χ4v) is 3.60. The van der Waals surface area contributed by atoms with Crippen LogP contribution in [0, 0.1) is 6.92 Å². The van der Waals surface area contributed by atoms with E-state index < -0.39 is 0 Å². The summed E-state index contributed by atoms with van der Waals surface area (Å²) in [6, 6.07) is 7.05. The van der Waals surface area contributed by atoms with Gasteiger partial charge in [0.15, 0.2) is 0 Å². The molecule has 0 bridgehead atoms. The molecule has 0 amide bonds. The summed E-state index contributed by atoms with van der Waals surface area (Å²) in [5, 5.41) is 0.